The van der Waals surface area contributed by atoms with Crippen LogP contribution in [-0.4, -0.2) is 47.4 Å². The summed E-state index contributed by atoms with van der Waals surface area (Å²) in [5.74, 6) is -0.0568. The maximum Gasteiger partial charge on any atom is 0.305 e. The van der Waals surface area contributed by atoms with Gasteiger partial charge in [0.05, 0.1) is 25.4 Å². The molecule has 0 aliphatic heterocycles. The van der Waals surface area contributed by atoms with Crippen LogP contribution in [0.15, 0.2) is 24.3 Å². The lowest BCUT2D eigenvalue weighted by Gasteiger charge is -2.22. The van der Waals surface area contributed by atoms with Crippen LogP contribution in [-0.2, 0) is 14.3 Å². The van der Waals surface area contributed by atoms with Crippen molar-refractivity contribution in [3.8, 4) is 0 Å². The highest BCUT2D eigenvalue weighted by Gasteiger charge is 2.20. The van der Waals surface area contributed by atoms with E-state index in [-0.39, 0.29) is 18.5 Å². The smallest absolute Gasteiger partial charge is 0.305 e. The number of amides is 1. The van der Waals surface area contributed by atoms with Crippen molar-refractivity contribution in [3.63, 3.8) is 0 Å². The van der Waals surface area contributed by atoms with Crippen molar-refractivity contribution in [2.24, 2.45) is 0 Å². The van der Waals surface area contributed by atoms with Gasteiger partial charge in [-0.25, -0.2) is 0 Å². The molecule has 0 bridgehead atoms. The molecule has 0 spiro atoms. The van der Waals surface area contributed by atoms with Gasteiger partial charge in [0.15, 0.2) is 0 Å². The summed E-state index contributed by atoms with van der Waals surface area (Å²) in [4.78, 5) is 24.6. The lowest BCUT2D eigenvalue weighted by atomic mass is 10.0. The molecule has 0 saturated heterocycles. The fraction of sp³-hybridized carbons (Fsp3) is 0.914. The zero-order chi connectivity index (χ0) is 55.0. The van der Waals surface area contributed by atoms with E-state index >= 15 is 0 Å². The number of carbonyl (C=O) groups excluding carboxylic acids is 2. The summed E-state index contributed by atoms with van der Waals surface area (Å²) in [6.07, 6.45) is 82.1. The summed E-state index contributed by atoms with van der Waals surface area (Å²) in [5, 5.41) is 23.4. The van der Waals surface area contributed by atoms with Crippen LogP contribution in [0.3, 0.4) is 0 Å². The van der Waals surface area contributed by atoms with Gasteiger partial charge in [-0.05, 0) is 64.2 Å². The molecule has 0 fully saturated rings. The zero-order valence-electron chi connectivity index (χ0n) is 51.5. The minimum atomic E-state index is -0.676. The van der Waals surface area contributed by atoms with Crippen molar-refractivity contribution in [1.82, 2.24) is 5.32 Å². The monoisotopic (exact) mass is 1070 g/mol. The van der Waals surface area contributed by atoms with Crippen molar-refractivity contribution in [2.45, 2.75) is 398 Å². The van der Waals surface area contributed by atoms with Crippen LogP contribution in [0.4, 0.5) is 0 Å². The predicted octanol–water partition coefficient (Wildman–Crippen LogP) is 22.1. The van der Waals surface area contributed by atoms with E-state index in [2.05, 4.69) is 43.5 Å². The highest BCUT2D eigenvalue weighted by molar-refractivity contribution is 5.76. The number of unbranched alkanes of at least 4 members (excludes halogenated alkanes) is 50. The van der Waals surface area contributed by atoms with E-state index in [4.69, 9.17) is 4.74 Å². The van der Waals surface area contributed by atoms with Gasteiger partial charge in [-0.2, -0.15) is 0 Å². The molecule has 0 rings (SSSR count). The zero-order valence-corrected chi connectivity index (χ0v) is 51.5. The Hall–Kier alpha value is -1.66. The standard InChI is InChI=1S/C70H135NO5/c1-3-5-7-9-11-13-15-17-19-21-22-23-24-25-26-27-28-31-34-38-42-46-50-54-58-62-68(73)67(66-72)71-69(74)63-59-55-51-47-43-39-35-32-29-33-37-41-45-49-53-57-61-65-76-70(75)64-60-56-52-48-44-40-36-30-20-18-16-14-12-10-8-6-4-2/h29,33,41,45,67-68,72-73H,3-28,30-32,34-40,42-44,46-66H2,1-2H3,(H,71,74)/b33-29-,45-41-. The normalized spacial score (nSPS) is 12.6. The second kappa shape index (κ2) is 65.9. The van der Waals surface area contributed by atoms with Gasteiger partial charge in [0.1, 0.15) is 0 Å². The van der Waals surface area contributed by atoms with Gasteiger partial charge >= 0.3 is 5.97 Å². The molecule has 0 heterocycles. The van der Waals surface area contributed by atoms with Crippen molar-refractivity contribution >= 4 is 11.9 Å². The molecule has 2 atom stereocenters. The maximum absolute atomic E-state index is 12.5. The molecule has 0 radical (unpaired) electrons. The van der Waals surface area contributed by atoms with Crippen molar-refractivity contribution in [1.29, 1.82) is 0 Å². The van der Waals surface area contributed by atoms with E-state index < -0.39 is 12.1 Å². The summed E-state index contributed by atoms with van der Waals surface area (Å²) in [5.41, 5.74) is 0. The van der Waals surface area contributed by atoms with Gasteiger partial charge in [-0.15, -0.1) is 0 Å². The van der Waals surface area contributed by atoms with Crippen molar-refractivity contribution in [3.05, 3.63) is 24.3 Å². The molecular weight excluding hydrogens is 935 g/mol. The number of rotatable bonds is 65. The van der Waals surface area contributed by atoms with E-state index in [1.165, 1.54) is 270 Å². The summed E-state index contributed by atoms with van der Waals surface area (Å²) in [7, 11) is 0. The molecule has 0 saturated carbocycles. The first-order chi connectivity index (χ1) is 37.5. The van der Waals surface area contributed by atoms with Crippen LogP contribution in [0.5, 0.6) is 0 Å². The fourth-order valence-electron chi connectivity index (χ4n) is 11.0. The van der Waals surface area contributed by atoms with Gasteiger partial charge < -0.3 is 20.3 Å². The lowest BCUT2D eigenvalue weighted by molar-refractivity contribution is -0.143. The van der Waals surface area contributed by atoms with E-state index in [0.29, 0.717) is 25.9 Å². The third kappa shape index (κ3) is 61.6. The maximum atomic E-state index is 12.5. The number of ether oxygens (including phenoxy) is 1. The Balaban J connectivity index is 3.46. The molecule has 76 heavy (non-hydrogen) atoms. The Labute approximate surface area is 475 Å². The number of carbonyl (C=O) groups is 2. The molecule has 6 heteroatoms. The Kier molecular flexibility index (Phi) is 64.4. The number of hydrogen-bond donors (Lipinski definition) is 3. The summed E-state index contributed by atoms with van der Waals surface area (Å²) in [6, 6.07) is -0.555. The van der Waals surface area contributed by atoms with Crippen LogP contribution in [0.1, 0.15) is 386 Å². The van der Waals surface area contributed by atoms with Crippen LogP contribution in [0.25, 0.3) is 0 Å². The highest BCUT2D eigenvalue weighted by Crippen LogP contribution is 2.19. The van der Waals surface area contributed by atoms with Gasteiger partial charge in [-0.3, -0.25) is 9.59 Å². The fourth-order valence-corrected chi connectivity index (χ4v) is 11.0. The topological polar surface area (TPSA) is 95.9 Å². The lowest BCUT2D eigenvalue weighted by Crippen LogP contribution is -2.45. The first-order valence-electron chi connectivity index (χ1n) is 34.6. The third-order valence-electron chi connectivity index (χ3n) is 16.3. The molecule has 3 N–H and O–H groups in total. The highest BCUT2D eigenvalue weighted by atomic mass is 16.5. The van der Waals surface area contributed by atoms with Gasteiger partial charge in [0.25, 0.3) is 0 Å². The van der Waals surface area contributed by atoms with E-state index in [9.17, 15) is 19.8 Å². The molecule has 0 aliphatic rings. The summed E-state index contributed by atoms with van der Waals surface area (Å²) >= 11 is 0. The Morgan fingerprint density at radius 2 is 0.658 bits per heavy atom. The third-order valence-corrected chi connectivity index (χ3v) is 16.3. The molecule has 2 unspecified atom stereocenters. The van der Waals surface area contributed by atoms with Crippen molar-refractivity contribution in [2.75, 3.05) is 13.2 Å². The number of hydrogen-bond acceptors (Lipinski definition) is 5. The van der Waals surface area contributed by atoms with Crippen LogP contribution >= 0.6 is 0 Å². The van der Waals surface area contributed by atoms with Crippen LogP contribution in [0, 0.1) is 0 Å². The summed E-state index contributed by atoms with van der Waals surface area (Å²) in [6.45, 7) is 4.95. The quantitative estimate of drug-likeness (QED) is 0.0320. The molecule has 1 amide bonds. The number of nitrogens with one attached hydrogen (secondary N) is 1. The number of allylic oxidation sites excluding steroid dienone is 4. The largest absolute Gasteiger partial charge is 0.466 e. The van der Waals surface area contributed by atoms with Gasteiger partial charge in [-0.1, -0.05) is 334 Å². The minimum absolute atomic E-state index is 0.0103. The molecule has 0 aromatic heterocycles. The molecule has 0 aromatic carbocycles. The Morgan fingerprint density at radius 1 is 0.368 bits per heavy atom. The predicted molar refractivity (Wildman–Crippen MR) is 333 cm³/mol. The number of aliphatic hydroxyl groups excluding tert-OH is 2. The number of aliphatic hydroxyl groups is 2. The molecular formula is C70H135NO5. The first-order valence-corrected chi connectivity index (χ1v) is 34.6. The summed E-state index contributed by atoms with van der Waals surface area (Å²) < 4.78 is 5.48. The Morgan fingerprint density at radius 3 is 1.00 bits per heavy atom. The first kappa shape index (κ1) is 74.3. The Bertz CT molecular complexity index is 1190. The second-order valence-electron chi connectivity index (χ2n) is 23.9. The van der Waals surface area contributed by atoms with E-state index in [1.807, 2.05) is 0 Å². The van der Waals surface area contributed by atoms with Gasteiger partial charge in [0.2, 0.25) is 5.91 Å². The number of esters is 1. The van der Waals surface area contributed by atoms with Crippen molar-refractivity contribution < 1.29 is 24.5 Å². The average Bonchev–Trinajstić information content (AvgIpc) is 3.42. The van der Waals surface area contributed by atoms with Crippen LogP contribution < -0.4 is 5.32 Å². The minimum Gasteiger partial charge on any atom is -0.466 e. The molecule has 0 aliphatic carbocycles. The average molecular weight is 1070 g/mol. The van der Waals surface area contributed by atoms with Crippen LogP contribution in [0.2, 0.25) is 0 Å². The van der Waals surface area contributed by atoms with Gasteiger partial charge in [0, 0.05) is 12.8 Å². The molecule has 450 valence electrons. The molecule has 6 nitrogen and oxygen atoms in total. The SMILES string of the molecule is CCCCCCCCCCCCCCCCCCCCCCCCCCCC(O)C(CO)NC(=O)CCCCCCCCC/C=C\C/C=C\CCCCCOC(=O)CCCCCCCCCCCCCCCCCCC. The molecule has 0 aromatic rings. The second-order valence-corrected chi connectivity index (χ2v) is 23.9. The van der Waals surface area contributed by atoms with E-state index in [0.717, 1.165) is 83.5 Å². The van der Waals surface area contributed by atoms with E-state index in [1.54, 1.807) is 0 Å².